The summed E-state index contributed by atoms with van der Waals surface area (Å²) in [7, 11) is 0. The van der Waals surface area contributed by atoms with Gasteiger partial charge in [-0.15, -0.1) is 0 Å². The van der Waals surface area contributed by atoms with Gasteiger partial charge in [-0.1, -0.05) is 65.8 Å². The van der Waals surface area contributed by atoms with Gasteiger partial charge in [0.25, 0.3) is 0 Å². The van der Waals surface area contributed by atoms with Gasteiger partial charge in [0.2, 0.25) is 0 Å². The van der Waals surface area contributed by atoms with Crippen LogP contribution in [-0.2, 0) is 36.8 Å². The standard InChI is InChI=1S/C30H42N2.2BrH/c1-29(2,3)27-15-21-31(22-16-27)19-7-9-25-11-13-26(14-12-25)10-8-20-32-23-17-28(18-24-32)30(4,5)6;;/h11-18,21-24H,7-10,19-20H2,1-6H3;2*1H/q+2;;/p-2. The van der Waals surface area contributed by atoms with Gasteiger partial charge in [0.05, 0.1) is 0 Å². The molecule has 2 heterocycles. The number of pyridine rings is 2. The van der Waals surface area contributed by atoms with Crippen molar-refractivity contribution in [2.45, 2.75) is 91.1 Å². The Balaban J connectivity index is 0.00000289. The predicted octanol–water partition coefficient (Wildman–Crippen LogP) is 0.130. The molecule has 0 aliphatic carbocycles. The normalized spacial score (nSPS) is 11.5. The minimum atomic E-state index is 0. The van der Waals surface area contributed by atoms with E-state index < -0.39 is 0 Å². The van der Waals surface area contributed by atoms with Crippen molar-refractivity contribution in [2.24, 2.45) is 0 Å². The van der Waals surface area contributed by atoms with Gasteiger partial charge in [0.1, 0.15) is 13.1 Å². The molecule has 0 spiro atoms. The molecule has 1 aromatic carbocycles. The molecule has 0 aliphatic rings. The molecule has 186 valence electrons. The Labute approximate surface area is 229 Å². The monoisotopic (exact) mass is 588 g/mol. The van der Waals surface area contributed by atoms with E-state index in [1.165, 1.54) is 35.1 Å². The Kier molecular flexibility index (Phi) is 12.1. The molecule has 3 aromatic rings. The summed E-state index contributed by atoms with van der Waals surface area (Å²) in [6.45, 7) is 15.7. The van der Waals surface area contributed by atoms with Gasteiger partial charge in [-0.25, -0.2) is 9.13 Å². The molecule has 2 nitrogen and oxygen atoms in total. The molecule has 0 saturated carbocycles. The topological polar surface area (TPSA) is 7.76 Å². The summed E-state index contributed by atoms with van der Waals surface area (Å²) in [4.78, 5) is 0. The van der Waals surface area contributed by atoms with Gasteiger partial charge in [0.15, 0.2) is 24.8 Å². The maximum absolute atomic E-state index is 2.31. The Morgan fingerprint density at radius 2 is 0.794 bits per heavy atom. The molecule has 34 heavy (non-hydrogen) atoms. The summed E-state index contributed by atoms with van der Waals surface area (Å²) in [6.07, 6.45) is 13.5. The number of hydrogen-bond donors (Lipinski definition) is 0. The van der Waals surface area contributed by atoms with Crippen molar-refractivity contribution in [3.8, 4) is 0 Å². The van der Waals surface area contributed by atoms with Gasteiger partial charge in [-0.05, 0) is 45.9 Å². The van der Waals surface area contributed by atoms with Crippen molar-refractivity contribution in [1.29, 1.82) is 0 Å². The Hall–Kier alpha value is -1.52. The maximum Gasteiger partial charge on any atom is 0.169 e. The molecular weight excluding hydrogens is 548 g/mol. The number of benzene rings is 1. The predicted molar refractivity (Wildman–Crippen MR) is 134 cm³/mol. The van der Waals surface area contributed by atoms with E-state index in [1.807, 2.05) is 0 Å². The molecular formula is C30H42Br2N2. The van der Waals surface area contributed by atoms with Gasteiger partial charge >= 0.3 is 0 Å². The van der Waals surface area contributed by atoms with Crippen LogP contribution in [0.5, 0.6) is 0 Å². The highest BCUT2D eigenvalue weighted by Crippen LogP contribution is 2.21. The van der Waals surface area contributed by atoms with Gasteiger partial charge in [-0.3, -0.25) is 0 Å². The molecule has 4 heteroatoms. The average molecular weight is 590 g/mol. The molecule has 0 amide bonds. The van der Waals surface area contributed by atoms with E-state index in [-0.39, 0.29) is 44.8 Å². The molecule has 0 saturated heterocycles. The minimum Gasteiger partial charge on any atom is -1.00 e. The van der Waals surface area contributed by atoms with E-state index in [0.29, 0.717) is 0 Å². The molecule has 0 fully saturated rings. The highest BCUT2D eigenvalue weighted by atomic mass is 79.9. The van der Waals surface area contributed by atoms with Crippen LogP contribution in [0.25, 0.3) is 0 Å². The lowest BCUT2D eigenvalue weighted by Gasteiger charge is -2.17. The van der Waals surface area contributed by atoms with E-state index >= 15 is 0 Å². The van der Waals surface area contributed by atoms with Crippen molar-refractivity contribution in [2.75, 3.05) is 0 Å². The van der Waals surface area contributed by atoms with Crippen molar-refractivity contribution >= 4 is 0 Å². The third-order valence-electron chi connectivity index (χ3n) is 6.30. The summed E-state index contributed by atoms with van der Waals surface area (Å²) in [5, 5.41) is 0. The van der Waals surface area contributed by atoms with Crippen molar-refractivity contribution < 1.29 is 43.1 Å². The zero-order valence-electron chi connectivity index (χ0n) is 21.8. The van der Waals surface area contributed by atoms with Crippen molar-refractivity contribution in [1.82, 2.24) is 0 Å². The molecule has 0 N–H and O–H groups in total. The molecule has 0 aliphatic heterocycles. The third-order valence-corrected chi connectivity index (χ3v) is 6.30. The van der Waals surface area contributed by atoms with Crippen LogP contribution in [0.4, 0.5) is 0 Å². The number of halogens is 2. The van der Waals surface area contributed by atoms with Crippen molar-refractivity contribution in [3.63, 3.8) is 0 Å². The number of aryl methyl sites for hydroxylation is 4. The Bertz CT molecular complexity index is 882. The Morgan fingerprint density at radius 1 is 0.500 bits per heavy atom. The lowest BCUT2D eigenvalue weighted by Crippen LogP contribution is -3.00. The first kappa shape index (κ1) is 30.5. The minimum absolute atomic E-state index is 0. The number of nitrogens with zero attached hydrogens (tertiary/aromatic N) is 2. The van der Waals surface area contributed by atoms with Crippen LogP contribution in [0.1, 0.15) is 76.6 Å². The summed E-state index contributed by atoms with van der Waals surface area (Å²) >= 11 is 0. The lowest BCUT2D eigenvalue weighted by atomic mass is 9.88. The fourth-order valence-electron chi connectivity index (χ4n) is 4.02. The van der Waals surface area contributed by atoms with Crippen LogP contribution in [0, 0.1) is 0 Å². The lowest BCUT2D eigenvalue weighted by molar-refractivity contribution is -0.697. The zero-order valence-corrected chi connectivity index (χ0v) is 25.0. The summed E-state index contributed by atoms with van der Waals surface area (Å²) < 4.78 is 4.60. The van der Waals surface area contributed by atoms with Crippen LogP contribution in [0.2, 0.25) is 0 Å². The van der Waals surface area contributed by atoms with Crippen LogP contribution in [0.15, 0.2) is 73.3 Å². The zero-order chi connectivity index (χ0) is 23.2. The van der Waals surface area contributed by atoms with Crippen LogP contribution >= 0.6 is 0 Å². The second-order valence-electron chi connectivity index (χ2n) is 11.2. The largest absolute Gasteiger partial charge is 1.00 e. The SMILES string of the molecule is CC(C)(C)c1cc[n+](CCCc2ccc(CCC[n+]3ccc(C(C)(C)C)cc3)cc2)cc1.[Br-].[Br-]. The van der Waals surface area contributed by atoms with E-state index in [9.17, 15) is 0 Å². The van der Waals surface area contributed by atoms with Gasteiger partial charge in [0, 0.05) is 37.1 Å². The van der Waals surface area contributed by atoms with E-state index in [2.05, 4.69) is 124 Å². The molecule has 0 unspecified atom stereocenters. The van der Waals surface area contributed by atoms with Crippen LogP contribution < -0.4 is 43.1 Å². The number of aromatic nitrogens is 2. The molecule has 0 bridgehead atoms. The van der Waals surface area contributed by atoms with E-state index in [1.54, 1.807) is 0 Å². The smallest absolute Gasteiger partial charge is 0.169 e. The van der Waals surface area contributed by atoms with Crippen molar-refractivity contribution in [3.05, 3.63) is 95.6 Å². The molecule has 0 atom stereocenters. The molecule has 2 aromatic heterocycles. The van der Waals surface area contributed by atoms with Crippen LogP contribution in [-0.4, -0.2) is 0 Å². The highest BCUT2D eigenvalue weighted by molar-refractivity contribution is 5.23. The Morgan fingerprint density at radius 3 is 1.06 bits per heavy atom. The maximum atomic E-state index is 2.31. The van der Waals surface area contributed by atoms with Crippen LogP contribution in [0.3, 0.4) is 0 Å². The summed E-state index contributed by atoms with van der Waals surface area (Å²) in [5.41, 5.74) is 6.10. The first-order valence-corrected chi connectivity index (χ1v) is 12.2. The van der Waals surface area contributed by atoms with Gasteiger partial charge in [-0.2, -0.15) is 0 Å². The first-order chi connectivity index (χ1) is 15.1. The van der Waals surface area contributed by atoms with Gasteiger partial charge < -0.3 is 34.0 Å². The second-order valence-corrected chi connectivity index (χ2v) is 11.2. The third kappa shape index (κ3) is 9.62. The second kappa shape index (κ2) is 13.5. The highest BCUT2D eigenvalue weighted by Gasteiger charge is 2.15. The molecule has 0 radical (unpaired) electrons. The average Bonchev–Trinajstić information content (AvgIpc) is 2.74. The summed E-state index contributed by atoms with van der Waals surface area (Å²) in [5.74, 6) is 0. The fraction of sp³-hybridized carbons (Fsp3) is 0.467. The van der Waals surface area contributed by atoms with E-state index in [0.717, 1.165) is 25.9 Å². The number of hydrogen-bond acceptors (Lipinski definition) is 0. The fourth-order valence-corrected chi connectivity index (χ4v) is 4.02. The molecule has 3 rings (SSSR count). The number of rotatable bonds is 8. The first-order valence-electron chi connectivity index (χ1n) is 12.2. The summed E-state index contributed by atoms with van der Waals surface area (Å²) in [6, 6.07) is 18.3. The van der Waals surface area contributed by atoms with E-state index in [4.69, 9.17) is 0 Å². The quantitative estimate of drug-likeness (QED) is 0.330.